The summed E-state index contributed by atoms with van der Waals surface area (Å²) < 4.78 is 27.5. The van der Waals surface area contributed by atoms with Crippen LogP contribution in [0.25, 0.3) is 10.8 Å². The lowest BCUT2D eigenvalue weighted by atomic mass is 10.1. The maximum absolute atomic E-state index is 11.6. The normalized spacial score (nSPS) is 11.4. The van der Waals surface area contributed by atoms with Crippen molar-refractivity contribution in [1.82, 2.24) is 0 Å². The van der Waals surface area contributed by atoms with Gasteiger partial charge in [-0.15, -0.1) is 0 Å². The van der Waals surface area contributed by atoms with E-state index in [-0.39, 0.29) is 10.5 Å². The van der Waals surface area contributed by atoms with E-state index in [1.807, 2.05) is 0 Å². The summed E-state index contributed by atoms with van der Waals surface area (Å²) in [6.07, 6.45) is 0. The molecule has 0 aliphatic rings. The van der Waals surface area contributed by atoms with Gasteiger partial charge in [0.1, 0.15) is 0 Å². The molecule has 6 heteroatoms. The predicted molar refractivity (Wildman–Crippen MR) is 68.3 cm³/mol. The lowest BCUT2D eigenvalue weighted by Gasteiger charge is -2.07. The monoisotopic (exact) mass is 284 g/mol. The van der Waals surface area contributed by atoms with Gasteiger partial charge < -0.3 is 4.74 Å². The number of esters is 1. The first-order valence-corrected chi connectivity index (χ1v) is 7.30. The van der Waals surface area contributed by atoms with Crippen LogP contribution in [0.2, 0.25) is 0 Å². The Kier molecular flexibility index (Phi) is 3.28. The van der Waals surface area contributed by atoms with Gasteiger partial charge in [0.15, 0.2) is 0 Å². The summed E-state index contributed by atoms with van der Waals surface area (Å²) in [4.78, 5) is 11.3. The second-order valence-corrected chi connectivity index (χ2v) is 6.16. The Bertz CT molecular complexity index is 722. The molecule has 0 aliphatic carbocycles. The highest BCUT2D eigenvalue weighted by molar-refractivity contribution is 8.13. The molecule has 0 fully saturated rings. The Morgan fingerprint density at radius 2 is 1.72 bits per heavy atom. The van der Waals surface area contributed by atoms with Crippen molar-refractivity contribution in [3.63, 3.8) is 0 Å². The van der Waals surface area contributed by atoms with Gasteiger partial charge in [-0.3, -0.25) is 0 Å². The molecule has 0 bridgehead atoms. The van der Waals surface area contributed by atoms with Crippen LogP contribution in [0.5, 0.6) is 0 Å². The molecule has 0 aromatic heterocycles. The fourth-order valence-corrected chi connectivity index (χ4v) is 2.75. The zero-order valence-electron chi connectivity index (χ0n) is 9.38. The molecular formula is C12H9ClO4S. The largest absolute Gasteiger partial charge is 0.465 e. The fraction of sp³-hybridized carbons (Fsp3) is 0.0833. The van der Waals surface area contributed by atoms with Crippen molar-refractivity contribution in [2.24, 2.45) is 0 Å². The molecule has 2 rings (SSSR count). The molecule has 0 amide bonds. The molecule has 0 saturated heterocycles. The van der Waals surface area contributed by atoms with E-state index in [1.54, 1.807) is 24.3 Å². The van der Waals surface area contributed by atoms with Crippen molar-refractivity contribution in [2.75, 3.05) is 7.11 Å². The van der Waals surface area contributed by atoms with Crippen LogP contribution < -0.4 is 0 Å². The van der Waals surface area contributed by atoms with Crippen molar-refractivity contribution in [3.05, 3.63) is 42.0 Å². The van der Waals surface area contributed by atoms with Gasteiger partial charge in [-0.25, -0.2) is 13.2 Å². The Hall–Kier alpha value is -1.59. The number of halogens is 1. The van der Waals surface area contributed by atoms with E-state index < -0.39 is 15.0 Å². The molecular weight excluding hydrogens is 276 g/mol. The number of methoxy groups -OCH3 is 1. The van der Waals surface area contributed by atoms with Crippen LogP contribution in [-0.2, 0) is 13.8 Å². The molecule has 0 saturated carbocycles. The molecule has 0 heterocycles. The molecule has 18 heavy (non-hydrogen) atoms. The molecule has 0 spiro atoms. The topological polar surface area (TPSA) is 60.4 Å². The first kappa shape index (κ1) is 12.9. The number of carbonyl (C=O) groups is 1. The van der Waals surface area contributed by atoms with Gasteiger partial charge in [-0.2, -0.15) is 0 Å². The van der Waals surface area contributed by atoms with Crippen molar-refractivity contribution in [1.29, 1.82) is 0 Å². The third-order valence-electron chi connectivity index (χ3n) is 2.52. The molecule has 0 atom stereocenters. The third kappa shape index (κ3) is 2.32. The second-order valence-electron chi connectivity index (χ2n) is 3.62. The standard InChI is InChI=1S/C12H9ClO4S/c1-17-12(14)10-6-8-4-2-3-5-9(8)7-11(10)18(13,15)16/h2-7H,1H3. The van der Waals surface area contributed by atoms with Crippen molar-refractivity contribution < 1.29 is 17.9 Å². The second kappa shape index (κ2) is 4.59. The molecule has 0 aliphatic heterocycles. The fourth-order valence-electron chi connectivity index (χ4n) is 1.69. The average Bonchev–Trinajstić information content (AvgIpc) is 2.35. The number of ether oxygens (including phenoxy) is 1. The van der Waals surface area contributed by atoms with E-state index >= 15 is 0 Å². The number of hydrogen-bond acceptors (Lipinski definition) is 4. The first-order valence-electron chi connectivity index (χ1n) is 4.99. The summed E-state index contributed by atoms with van der Waals surface area (Å²) in [6.45, 7) is 0. The summed E-state index contributed by atoms with van der Waals surface area (Å²) in [5.41, 5.74) is -0.0637. The van der Waals surface area contributed by atoms with Crippen LogP contribution in [0, 0.1) is 0 Å². The minimum Gasteiger partial charge on any atom is -0.465 e. The number of fused-ring (bicyclic) bond motifs is 1. The van der Waals surface area contributed by atoms with E-state index in [0.717, 1.165) is 5.39 Å². The zero-order chi connectivity index (χ0) is 13.3. The van der Waals surface area contributed by atoms with Crippen LogP contribution >= 0.6 is 10.7 Å². The highest BCUT2D eigenvalue weighted by atomic mass is 35.7. The van der Waals surface area contributed by atoms with Gasteiger partial charge in [0, 0.05) is 10.7 Å². The minimum atomic E-state index is -4.01. The number of carbonyl (C=O) groups excluding carboxylic acids is 1. The maximum Gasteiger partial charge on any atom is 0.339 e. The van der Waals surface area contributed by atoms with Gasteiger partial charge in [-0.1, -0.05) is 24.3 Å². The summed E-state index contributed by atoms with van der Waals surface area (Å²) >= 11 is 0. The van der Waals surface area contributed by atoms with Crippen LogP contribution in [0.4, 0.5) is 0 Å². The molecule has 0 N–H and O–H groups in total. The van der Waals surface area contributed by atoms with Crippen LogP contribution in [0.15, 0.2) is 41.3 Å². The number of rotatable bonds is 2. The van der Waals surface area contributed by atoms with Gasteiger partial charge >= 0.3 is 5.97 Å². The maximum atomic E-state index is 11.6. The molecule has 0 radical (unpaired) electrons. The summed E-state index contributed by atoms with van der Waals surface area (Å²) in [5, 5.41) is 1.42. The van der Waals surface area contributed by atoms with Crippen LogP contribution in [-0.4, -0.2) is 21.5 Å². The average molecular weight is 285 g/mol. The van der Waals surface area contributed by atoms with Crippen LogP contribution in [0.1, 0.15) is 10.4 Å². The molecule has 2 aromatic rings. The van der Waals surface area contributed by atoms with E-state index in [9.17, 15) is 13.2 Å². The van der Waals surface area contributed by atoms with E-state index in [2.05, 4.69) is 4.74 Å². The van der Waals surface area contributed by atoms with E-state index in [0.29, 0.717) is 5.39 Å². The Morgan fingerprint density at radius 1 is 1.17 bits per heavy atom. The Labute approximate surface area is 109 Å². The van der Waals surface area contributed by atoms with Crippen LogP contribution in [0.3, 0.4) is 0 Å². The van der Waals surface area contributed by atoms with Crippen molar-refractivity contribution in [2.45, 2.75) is 4.90 Å². The number of hydrogen-bond donors (Lipinski definition) is 0. The van der Waals surface area contributed by atoms with Crippen molar-refractivity contribution in [3.8, 4) is 0 Å². The van der Waals surface area contributed by atoms with Gasteiger partial charge in [0.2, 0.25) is 0 Å². The van der Waals surface area contributed by atoms with E-state index in [4.69, 9.17) is 10.7 Å². The molecule has 94 valence electrons. The lowest BCUT2D eigenvalue weighted by Crippen LogP contribution is -2.07. The molecule has 0 unspecified atom stereocenters. The Morgan fingerprint density at radius 3 is 2.22 bits per heavy atom. The number of benzene rings is 2. The predicted octanol–water partition coefficient (Wildman–Crippen LogP) is 2.55. The van der Waals surface area contributed by atoms with Gasteiger partial charge in [-0.05, 0) is 22.9 Å². The third-order valence-corrected chi connectivity index (χ3v) is 3.88. The SMILES string of the molecule is COC(=O)c1cc2ccccc2cc1S(=O)(=O)Cl. The quantitative estimate of drug-likeness (QED) is 0.628. The highest BCUT2D eigenvalue weighted by Crippen LogP contribution is 2.26. The zero-order valence-corrected chi connectivity index (χ0v) is 11.0. The lowest BCUT2D eigenvalue weighted by molar-refractivity contribution is 0.0596. The van der Waals surface area contributed by atoms with Crippen molar-refractivity contribution >= 4 is 36.5 Å². The summed E-state index contributed by atoms with van der Waals surface area (Å²) in [5.74, 6) is -0.736. The smallest absolute Gasteiger partial charge is 0.339 e. The molecule has 2 aromatic carbocycles. The van der Waals surface area contributed by atoms with E-state index in [1.165, 1.54) is 19.2 Å². The molecule has 4 nitrogen and oxygen atoms in total. The van der Waals surface area contributed by atoms with Gasteiger partial charge in [0.25, 0.3) is 9.05 Å². The summed E-state index contributed by atoms with van der Waals surface area (Å²) in [6, 6.07) is 9.89. The summed E-state index contributed by atoms with van der Waals surface area (Å²) in [7, 11) is 2.50. The first-order chi connectivity index (χ1) is 8.43. The Balaban J connectivity index is 2.84. The van der Waals surface area contributed by atoms with Gasteiger partial charge in [0.05, 0.1) is 17.6 Å². The minimum absolute atomic E-state index is 0.0637. The highest BCUT2D eigenvalue weighted by Gasteiger charge is 2.21.